The Morgan fingerprint density at radius 3 is 1.38 bits per heavy atom. The summed E-state index contributed by atoms with van der Waals surface area (Å²) in [6, 6.07) is 0. The van der Waals surface area contributed by atoms with Crippen molar-refractivity contribution in [2.24, 2.45) is 0 Å². The van der Waals surface area contributed by atoms with Crippen molar-refractivity contribution in [2.45, 2.75) is 70.1 Å². The van der Waals surface area contributed by atoms with Gasteiger partial charge in [0.15, 0.2) is 23.3 Å². The van der Waals surface area contributed by atoms with Crippen LogP contribution in [-0.2, 0) is 16.4 Å². The summed E-state index contributed by atoms with van der Waals surface area (Å²) in [7, 11) is -2.40. The molecule has 0 aromatic heterocycles. The quantitative estimate of drug-likeness (QED) is 0.200. The fourth-order valence-corrected chi connectivity index (χ4v) is 9.55. The highest BCUT2D eigenvalue weighted by atomic mass is 79.9. The van der Waals surface area contributed by atoms with Crippen LogP contribution in [0, 0.1) is 23.3 Å². The molecule has 0 N–H and O–H groups in total. The van der Waals surface area contributed by atoms with E-state index in [-0.39, 0.29) is 22.0 Å². The van der Waals surface area contributed by atoms with Gasteiger partial charge in [-0.2, -0.15) is 0 Å². The lowest BCUT2D eigenvalue weighted by Gasteiger charge is -2.42. The monoisotopic (exact) mass is 428 g/mol. The van der Waals surface area contributed by atoms with Gasteiger partial charge in [0.2, 0.25) is 8.32 Å². The van der Waals surface area contributed by atoms with Crippen LogP contribution in [-0.4, -0.2) is 8.32 Å². The van der Waals surface area contributed by atoms with Crippen LogP contribution in [0.15, 0.2) is 0 Å². The Balaban J connectivity index is 3.31. The highest BCUT2D eigenvalue weighted by molar-refractivity contribution is 9.08. The van der Waals surface area contributed by atoms with Gasteiger partial charge in [-0.1, -0.05) is 57.5 Å². The fraction of sp³-hybridized carbons (Fsp3) is 0.647. The first kappa shape index (κ1) is 21.6. The summed E-state index contributed by atoms with van der Waals surface area (Å²) in [5, 5.41) is -0.303. The summed E-state index contributed by atoms with van der Waals surface area (Å²) in [6.07, 6.45) is 0. The molecule has 0 aliphatic carbocycles. The lowest BCUT2D eigenvalue weighted by atomic mass is 10.1. The molecule has 0 amide bonds. The minimum absolute atomic E-state index is 0.195. The third-order valence-electron chi connectivity index (χ3n) is 4.75. The van der Waals surface area contributed by atoms with E-state index in [0.717, 1.165) is 0 Å². The minimum atomic E-state index is -2.40. The minimum Gasteiger partial charge on any atom is -0.412 e. The van der Waals surface area contributed by atoms with Gasteiger partial charge < -0.3 is 4.43 Å². The zero-order valence-electron chi connectivity index (χ0n) is 14.9. The molecule has 0 fully saturated rings. The van der Waals surface area contributed by atoms with E-state index in [1.54, 1.807) is 0 Å². The van der Waals surface area contributed by atoms with E-state index in [1.165, 1.54) is 0 Å². The molecule has 0 aliphatic rings. The first-order chi connectivity index (χ1) is 11.0. The van der Waals surface area contributed by atoms with E-state index in [4.69, 9.17) is 4.43 Å². The topological polar surface area (TPSA) is 9.23 Å². The largest absolute Gasteiger partial charge is 0.412 e. The normalized spacial score (nSPS) is 12.8. The second-order valence-corrected chi connectivity index (χ2v) is 13.0. The molecule has 0 bridgehead atoms. The molecule has 0 unspecified atom stereocenters. The van der Waals surface area contributed by atoms with Gasteiger partial charge in [-0.3, -0.25) is 0 Å². The molecular weight excluding hydrogens is 404 g/mol. The summed E-state index contributed by atoms with van der Waals surface area (Å²) >= 11 is 2.84. The lowest BCUT2D eigenvalue weighted by molar-refractivity contribution is 0.250. The summed E-state index contributed by atoms with van der Waals surface area (Å²) in [4.78, 5) is 0. The first-order valence-corrected chi connectivity index (χ1v) is 11.3. The van der Waals surface area contributed by atoms with Crippen molar-refractivity contribution in [3.63, 3.8) is 0 Å². The van der Waals surface area contributed by atoms with Gasteiger partial charge in [0.05, 0.1) is 12.2 Å². The number of benzene rings is 1. The number of rotatable bonds is 7. The van der Waals surface area contributed by atoms with Gasteiger partial charge in [0, 0.05) is 10.9 Å². The van der Waals surface area contributed by atoms with Crippen LogP contribution in [0.1, 0.15) is 52.7 Å². The maximum atomic E-state index is 14.2. The summed E-state index contributed by atoms with van der Waals surface area (Å²) in [6.45, 7) is 11.7. The predicted octanol–water partition coefficient (Wildman–Crippen LogP) is 6.83. The van der Waals surface area contributed by atoms with E-state index in [2.05, 4.69) is 15.9 Å². The van der Waals surface area contributed by atoms with Crippen molar-refractivity contribution >= 4 is 24.2 Å². The Kier molecular flexibility index (Phi) is 7.50. The smallest absolute Gasteiger partial charge is 0.200 e. The van der Waals surface area contributed by atoms with Crippen molar-refractivity contribution in [1.29, 1.82) is 0 Å². The van der Waals surface area contributed by atoms with E-state index < -0.39 is 49.3 Å². The van der Waals surface area contributed by atoms with E-state index in [0.29, 0.717) is 0 Å². The maximum absolute atomic E-state index is 14.2. The number of hydrogen-bond donors (Lipinski definition) is 0. The zero-order chi connectivity index (χ0) is 18.8. The van der Waals surface area contributed by atoms with Crippen LogP contribution in [0.3, 0.4) is 0 Å². The molecule has 0 aliphatic heterocycles. The molecule has 1 aromatic rings. The van der Waals surface area contributed by atoms with Crippen LogP contribution in [0.5, 0.6) is 0 Å². The molecule has 0 saturated heterocycles. The molecule has 24 heavy (non-hydrogen) atoms. The summed E-state index contributed by atoms with van der Waals surface area (Å²) in [5.74, 6) is -5.48. The standard InChI is InChI=1S/C17H25BrF4OSi/c1-9(2)24(10(3)4,11(5)6)23-8-13-16(21)14(19)12(7-18)15(20)17(13)22/h9-11H,7-8H2,1-6H3. The Labute approximate surface area is 151 Å². The van der Waals surface area contributed by atoms with E-state index in [9.17, 15) is 17.6 Å². The molecule has 0 spiro atoms. The molecule has 138 valence electrons. The zero-order valence-corrected chi connectivity index (χ0v) is 17.5. The molecule has 1 aromatic carbocycles. The second-order valence-electron chi connectivity index (χ2n) is 6.95. The van der Waals surface area contributed by atoms with Crippen molar-refractivity contribution in [3.05, 3.63) is 34.4 Å². The molecule has 0 atom stereocenters. The Morgan fingerprint density at radius 2 is 1.08 bits per heavy atom. The molecule has 1 nitrogen and oxygen atoms in total. The van der Waals surface area contributed by atoms with E-state index in [1.807, 2.05) is 41.5 Å². The van der Waals surface area contributed by atoms with Gasteiger partial charge in [-0.25, -0.2) is 17.6 Å². The molecule has 0 radical (unpaired) electrons. The molecule has 0 heterocycles. The van der Waals surface area contributed by atoms with Gasteiger partial charge in [-0.05, 0) is 16.6 Å². The second kappa shape index (κ2) is 8.32. The average Bonchev–Trinajstić information content (AvgIpc) is 2.48. The van der Waals surface area contributed by atoms with Gasteiger partial charge in [0.25, 0.3) is 0 Å². The molecular formula is C17H25BrF4OSi. The fourth-order valence-electron chi connectivity index (χ4n) is 3.66. The Morgan fingerprint density at radius 1 is 0.750 bits per heavy atom. The summed E-state index contributed by atoms with van der Waals surface area (Å²) < 4.78 is 62.3. The lowest BCUT2D eigenvalue weighted by Crippen LogP contribution is -2.47. The molecule has 7 heteroatoms. The molecule has 1 rings (SSSR count). The van der Waals surface area contributed by atoms with Crippen LogP contribution in [0.4, 0.5) is 17.6 Å². The highest BCUT2D eigenvalue weighted by Gasteiger charge is 2.45. The van der Waals surface area contributed by atoms with Crippen LogP contribution < -0.4 is 0 Å². The van der Waals surface area contributed by atoms with Crippen molar-refractivity contribution in [2.75, 3.05) is 0 Å². The SMILES string of the molecule is CC(C)[Si](OCc1c(F)c(F)c(CBr)c(F)c1F)(C(C)C)C(C)C. The van der Waals surface area contributed by atoms with Crippen molar-refractivity contribution in [3.8, 4) is 0 Å². The average molecular weight is 429 g/mol. The molecule has 0 saturated carbocycles. The Hall–Kier alpha value is -0.403. The van der Waals surface area contributed by atoms with Gasteiger partial charge in [-0.15, -0.1) is 0 Å². The van der Waals surface area contributed by atoms with Gasteiger partial charge >= 0.3 is 0 Å². The number of alkyl halides is 1. The maximum Gasteiger partial charge on any atom is 0.200 e. The summed E-state index contributed by atoms with van der Waals surface area (Å²) in [5.41, 5.74) is -0.734. The Bertz CT molecular complexity index is 540. The number of halogens is 5. The predicted molar refractivity (Wildman–Crippen MR) is 94.7 cm³/mol. The van der Waals surface area contributed by atoms with Gasteiger partial charge in [0.1, 0.15) is 0 Å². The number of hydrogen-bond acceptors (Lipinski definition) is 1. The third kappa shape index (κ3) is 3.72. The first-order valence-electron chi connectivity index (χ1n) is 8.05. The van der Waals surface area contributed by atoms with Crippen LogP contribution in [0.25, 0.3) is 0 Å². The third-order valence-corrected chi connectivity index (χ3v) is 11.4. The van der Waals surface area contributed by atoms with Crippen LogP contribution in [0.2, 0.25) is 16.6 Å². The highest BCUT2D eigenvalue weighted by Crippen LogP contribution is 2.43. The van der Waals surface area contributed by atoms with Crippen LogP contribution >= 0.6 is 15.9 Å². The van der Waals surface area contributed by atoms with Crippen molar-refractivity contribution in [1.82, 2.24) is 0 Å². The van der Waals surface area contributed by atoms with Crippen molar-refractivity contribution < 1.29 is 22.0 Å². The van der Waals surface area contributed by atoms with E-state index >= 15 is 0 Å².